The molecule has 158 valence electrons. The average Bonchev–Trinajstić information content (AvgIpc) is 3.11. The maximum absolute atomic E-state index is 13.7. The topological polar surface area (TPSA) is 81.8 Å². The summed E-state index contributed by atoms with van der Waals surface area (Å²) < 4.78 is 43.5. The first kappa shape index (κ1) is 20.0. The van der Waals surface area contributed by atoms with Crippen molar-refractivity contribution in [1.82, 2.24) is 20.0 Å². The van der Waals surface area contributed by atoms with Crippen LogP contribution in [0.5, 0.6) is 17.6 Å². The molecule has 4 rings (SSSR count). The molecule has 0 spiro atoms. The molecule has 0 atom stereocenters. The minimum Gasteiger partial charge on any atom is -0.492 e. The van der Waals surface area contributed by atoms with Gasteiger partial charge in [0.25, 0.3) is 0 Å². The number of halogens is 2. The van der Waals surface area contributed by atoms with E-state index in [1.165, 1.54) is 0 Å². The third kappa shape index (κ3) is 4.84. The highest BCUT2D eigenvalue weighted by Gasteiger charge is 2.15. The van der Waals surface area contributed by atoms with Gasteiger partial charge in [-0.25, -0.2) is 13.6 Å². The van der Waals surface area contributed by atoms with Crippen molar-refractivity contribution in [2.24, 2.45) is 0 Å². The fourth-order valence-electron chi connectivity index (χ4n) is 3.05. The Morgan fingerprint density at radius 3 is 2.77 bits per heavy atom. The molecule has 8 nitrogen and oxygen atoms in total. The molecule has 0 aliphatic carbocycles. The highest BCUT2D eigenvalue weighted by Crippen LogP contribution is 2.23. The van der Waals surface area contributed by atoms with Gasteiger partial charge < -0.3 is 19.2 Å². The smallest absolute Gasteiger partial charge is 0.444 e. The second-order valence-corrected chi connectivity index (χ2v) is 6.66. The number of benzene rings is 2. The van der Waals surface area contributed by atoms with E-state index in [1.807, 2.05) is 0 Å². The fourth-order valence-corrected chi connectivity index (χ4v) is 3.05. The van der Waals surface area contributed by atoms with Gasteiger partial charge in [-0.3, -0.25) is 4.90 Å². The molecule has 0 saturated carbocycles. The van der Waals surface area contributed by atoms with Crippen molar-refractivity contribution in [1.29, 1.82) is 0 Å². The second-order valence-electron chi connectivity index (χ2n) is 6.66. The predicted octanol–water partition coefficient (Wildman–Crippen LogP) is 2.18. The Hall–Kier alpha value is -3.24. The van der Waals surface area contributed by atoms with E-state index < -0.39 is 23.5 Å². The molecular weight excluding hydrogens is 398 g/mol. The molecule has 0 amide bonds. The molecule has 1 aliphatic heterocycles. The van der Waals surface area contributed by atoms with Crippen molar-refractivity contribution in [3.63, 3.8) is 0 Å². The van der Waals surface area contributed by atoms with Crippen LogP contribution in [0.3, 0.4) is 0 Å². The van der Waals surface area contributed by atoms with E-state index in [9.17, 15) is 13.6 Å². The Balaban J connectivity index is 1.43. The maximum atomic E-state index is 13.7. The van der Waals surface area contributed by atoms with Crippen LogP contribution >= 0.6 is 0 Å². The standard InChI is InChI=1S/C20H20F2N4O4/c21-14-4-5-18(17(22)12-14)29-19-24-26(20(27)30-19)15-2-1-3-16(13-15)28-11-10-25-8-6-23-7-9-25/h1-5,12-13,23H,6-11H2. The Labute approximate surface area is 170 Å². The van der Waals surface area contributed by atoms with Crippen molar-refractivity contribution in [3.8, 4) is 23.3 Å². The highest BCUT2D eigenvalue weighted by atomic mass is 19.1. The molecule has 1 aliphatic rings. The monoisotopic (exact) mass is 418 g/mol. The molecule has 1 aromatic heterocycles. The van der Waals surface area contributed by atoms with Gasteiger partial charge in [-0.1, -0.05) is 11.2 Å². The Morgan fingerprint density at radius 2 is 1.97 bits per heavy atom. The Bertz CT molecular complexity index is 1060. The van der Waals surface area contributed by atoms with E-state index in [-0.39, 0.29) is 5.75 Å². The summed E-state index contributed by atoms with van der Waals surface area (Å²) in [6, 6.07) is 9.55. The van der Waals surface area contributed by atoms with Crippen molar-refractivity contribution < 1.29 is 22.7 Å². The van der Waals surface area contributed by atoms with Crippen LogP contribution < -0.4 is 20.5 Å². The van der Waals surface area contributed by atoms with Crippen molar-refractivity contribution in [2.75, 3.05) is 39.3 Å². The van der Waals surface area contributed by atoms with Gasteiger partial charge in [-0.15, -0.1) is 0 Å². The number of rotatable bonds is 7. The number of nitrogens with one attached hydrogen (secondary N) is 1. The zero-order valence-corrected chi connectivity index (χ0v) is 16.0. The normalized spacial score (nSPS) is 14.6. The molecule has 1 fully saturated rings. The lowest BCUT2D eigenvalue weighted by Crippen LogP contribution is -2.44. The molecule has 0 bridgehead atoms. The molecule has 2 heterocycles. The molecule has 3 aromatic rings. The Morgan fingerprint density at radius 1 is 1.13 bits per heavy atom. The molecule has 30 heavy (non-hydrogen) atoms. The average molecular weight is 418 g/mol. The molecule has 0 unspecified atom stereocenters. The quantitative estimate of drug-likeness (QED) is 0.630. The van der Waals surface area contributed by atoms with Gasteiger partial charge in [0, 0.05) is 44.9 Å². The van der Waals surface area contributed by atoms with E-state index in [0.717, 1.165) is 49.5 Å². The molecule has 10 heteroatoms. The van der Waals surface area contributed by atoms with Crippen LogP contribution in [0.4, 0.5) is 8.78 Å². The summed E-state index contributed by atoms with van der Waals surface area (Å²) in [6.45, 7) is 5.21. The first-order chi connectivity index (χ1) is 14.6. The molecule has 2 aromatic carbocycles. The van der Waals surface area contributed by atoms with Crippen molar-refractivity contribution in [3.05, 3.63) is 64.6 Å². The van der Waals surface area contributed by atoms with Crippen LogP contribution in [-0.4, -0.2) is 54.0 Å². The van der Waals surface area contributed by atoms with E-state index in [2.05, 4.69) is 15.3 Å². The molecule has 1 N–H and O–H groups in total. The zero-order chi connectivity index (χ0) is 20.9. The number of hydrogen-bond donors (Lipinski definition) is 1. The summed E-state index contributed by atoms with van der Waals surface area (Å²) in [6.07, 6.45) is -0.462. The third-order valence-corrected chi connectivity index (χ3v) is 4.57. The van der Waals surface area contributed by atoms with Gasteiger partial charge in [0.15, 0.2) is 11.6 Å². The molecular formula is C20H20F2N4O4. The van der Waals surface area contributed by atoms with E-state index in [0.29, 0.717) is 24.1 Å². The summed E-state index contributed by atoms with van der Waals surface area (Å²) in [5.41, 5.74) is 0.401. The zero-order valence-electron chi connectivity index (χ0n) is 16.0. The van der Waals surface area contributed by atoms with Crippen LogP contribution in [0, 0.1) is 11.6 Å². The summed E-state index contributed by atoms with van der Waals surface area (Å²) in [4.78, 5) is 14.5. The fraction of sp³-hybridized carbons (Fsp3) is 0.300. The number of nitrogens with zero attached hydrogens (tertiary/aromatic N) is 3. The van der Waals surface area contributed by atoms with E-state index >= 15 is 0 Å². The SMILES string of the molecule is O=c1oc(Oc2ccc(F)cc2F)nn1-c1cccc(OCCN2CCNCC2)c1. The summed E-state index contributed by atoms with van der Waals surface area (Å²) in [5.74, 6) is -2.24. The van der Waals surface area contributed by atoms with Crippen molar-refractivity contribution in [2.45, 2.75) is 0 Å². The predicted molar refractivity (Wildman–Crippen MR) is 103 cm³/mol. The van der Waals surface area contributed by atoms with Gasteiger partial charge in [0.05, 0.1) is 5.69 Å². The summed E-state index contributed by atoms with van der Waals surface area (Å²) >= 11 is 0. The van der Waals surface area contributed by atoms with Gasteiger partial charge in [0.1, 0.15) is 18.2 Å². The van der Waals surface area contributed by atoms with Gasteiger partial charge in [0.2, 0.25) is 0 Å². The number of hydrogen-bond acceptors (Lipinski definition) is 7. The molecule has 1 saturated heterocycles. The van der Waals surface area contributed by atoms with Gasteiger partial charge in [-0.2, -0.15) is 4.68 Å². The van der Waals surface area contributed by atoms with Crippen LogP contribution in [0.15, 0.2) is 51.7 Å². The van der Waals surface area contributed by atoms with Gasteiger partial charge in [-0.05, 0) is 24.3 Å². The van der Waals surface area contributed by atoms with Gasteiger partial charge >= 0.3 is 11.8 Å². The lowest BCUT2D eigenvalue weighted by Gasteiger charge is -2.26. The Kier molecular flexibility index (Phi) is 6.05. The lowest BCUT2D eigenvalue weighted by atomic mass is 10.3. The molecule has 0 radical (unpaired) electrons. The summed E-state index contributed by atoms with van der Waals surface area (Å²) in [7, 11) is 0. The van der Waals surface area contributed by atoms with Crippen LogP contribution in [0.1, 0.15) is 0 Å². The van der Waals surface area contributed by atoms with Crippen LogP contribution in [0.2, 0.25) is 0 Å². The van der Waals surface area contributed by atoms with Crippen molar-refractivity contribution >= 4 is 0 Å². The minimum absolute atomic E-state index is 0.310. The largest absolute Gasteiger partial charge is 0.492 e. The number of piperazine rings is 1. The number of ether oxygens (including phenoxy) is 2. The first-order valence-corrected chi connectivity index (χ1v) is 9.48. The van der Waals surface area contributed by atoms with E-state index in [4.69, 9.17) is 13.9 Å². The minimum atomic E-state index is -0.938. The highest BCUT2D eigenvalue weighted by molar-refractivity contribution is 5.38. The lowest BCUT2D eigenvalue weighted by molar-refractivity contribution is 0.191. The van der Waals surface area contributed by atoms with E-state index in [1.54, 1.807) is 24.3 Å². The van der Waals surface area contributed by atoms with Crippen LogP contribution in [0.25, 0.3) is 5.69 Å². The number of aromatic nitrogens is 2. The second kappa shape index (κ2) is 9.06. The first-order valence-electron chi connectivity index (χ1n) is 9.48. The summed E-state index contributed by atoms with van der Waals surface area (Å²) in [5, 5.41) is 7.22. The third-order valence-electron chi connectivity index (χ3n) is 4.57. The maximum Gasteiger partial charge on any atom is 0.444 e. The van der Waals surface area contributed by atoms with Crippen LogP contribution in [-0.2, 0) is 0 Å².